The van der Waals surface area contributed by atoms with Gasteiger partial charge in [0.25, 0.3) is 5.56 Å². The number of aromatic nitrogens is 1. The Morgan fingerprint density at radius 1 is 1.08 bits per heavy atom. The zero-order valence-corrected chi connectivity index (χ0v) is 23.0. The molecule has 0 amide bonds. The maximum absolute atomic E-state index is 13.8. The molecule has 8 nitrogen and oxygen atoms in total. The van der Waals surface area contributed by atoms with Gasteiger partial charge < -0.3 is 18.9 Å². The average Bonchev–Trinajstić information content (AvgIpc) is 3.18. The third-order valence-electron chi connectivity index (χ3n) is 6.05. The van der Waals surface area contributed by atoms with Crippen molar-refractivity contribution in [3.63, 3.8) is 0 Å². The van der Waals surface area contributed by atoms with Gasteiger partial charge in [0.2, 0.25) is 0 Å². The highest BCUT2D eigenvalue weighted by atomic mass is 35.5. The van der Waals surface area contributed by atoms with Crippen LogP contribution in [0, 0.1) is 6.92 Å². The number of hydrogen-bond donors (Lipinski definition) is 0. The predicted octanol–water partition coefficient (Wildman–Crippen LogP) is 3.79. The van der Waals surface area contributed by atoms with E-state index in [1.165, 1.54) is 30.1 Å². The molecule has 0 bridgehead atoms. The fraction of sp³-hybridized carbons (Fsp3) is 0.296. The van der Waals surface area contributed by atoms with Crippen molar-refractivity contribution < 1.29 is 23.7 Å². The molecule has 1 atom stereocenters. The lowest BCUT2D eigenvalue weighted by Crippen LogP contribution is -2.40. The molecule has 0 N–H and O–H groups in total. The number of carbonyl (C=O) groups is 1. The normalized spacial score (nSPS) is 15.2. The van der Waals surface area contributed by atoms with Crippen LogP contribution < -0.4 is 29.1 Å². The highest BCUT2D eigenvalue weighted by molar-refractivity contribution is 7.07. The molecule has 1 aliphatic rings. The molecule has 0 radical (unpaired) electrons. The minimum Gasteiger partial charge on any atom is -0.496 e. The van der Waals surface area contributed by atoms with E-state index < -0.39 is 12.0 Å². The van der Waals surface area contributed by atoms with Gasteiger partial charge in [0.05, 0.1) is 54.8 Å². The first-order chi connectivity index (χ1) is 17.7. The van der Waals surface area contributed by atoms with E-state index in [4.69, 9.17) is 30.5 Å². The van der Waals surface area contributed by atoms with Gasteiger partial charge in [-0.25, -0.2) is 9.79 Å². The Labute approximate surface area is 223 Å². The maximum Gasteiger partial charge on any atom is 0.338 e. The molecule has 0 spiro atoms. The van der Waals surface area contributed by atoms with E-state index in [1.807, 2.05) is 25.1 Å². The van der Waals surface area contributed by atoms with Gasteiger partial charge in [0, 0.05) is 6.07 Å². The molecule has 194 valence electrons. The SMILES string of the molecule is CCOC(=O)C1=C(C)N=c2sc(=Cc3cc(OC)c(OC)cc3Cl)c(=O)n2[C@H]1c1ccc(C)c(OC)c1. The number of hydrogen-bond acceptors (Lipinski definition) is 8. The Bertz CT molecular complexity index is 1590. The van der Waals surface area contributed by atoms with Gasteiger partial charge in [-0.15, -0.1) is 0 Å². The number of nitrogens with zero attached hydrogens (tertiary/aromatic N) is 2. The second kappa shape index (κ2) is 10.8. The Hall–Kier alpha value is -3.56. The molecule has 2 heterocycles. The van der Waals surface area contributed by atoms with Gasteiger partial charge >= 0.3 is 5.97 Å². The summed E-state index contributed by atoms with van der Waals surface area (Å²) in [5.74, 6) is 1.09. The second-order valence-corrected chi connectivity index (χ2v) is 9.68. The van der Waals surface area contributed by atoms with Crippen LogP contribution >= 0.6 is 22.9 Å². The molecule has 1 aromatic heterocycles. The lowest BCUT2D eigenvalue weighted by Gasteiger charge is -2.25. The topological polar surface area (TPSA) is 88.4 Å². The van der Waals surface area contributed by atoms with Crippen LogP contribution in [0.5, 0.6) is 17.2 Å². The van der Waals surface area contributed by atoms with Crippen LogP contribution in [-0.4, -0.2) is 38.5 Å². The van der Waals surface area contributed by atoms with Gasteiger partial charge in [0.15, 0.2) is 16.3 Å². The molecule has 2 aromatic carbocycles. The molecular weight excluding hydrogens is 516 g/mol. The van der Waals surface area contributed by atoms with Crippen LogP contribution in [0.15, 0.2) is 51.4 Å². The summed E-state index contributed by atoms with van der Waals surface area (Å²) in [6, 6.07) is 8.20. The van der Waals surface area contributed by atoms with E-state index >= 15 is 0 Å². The first-order valence-corrected chi connectivity index (χ1v) is 12.7. The number of esters is 1. The number of carbonyl (C=O) groups excluding carboxylic acids is 1. The second-order valence-electron chi connectivity index (χ2n) is 8.26. The molecule has 3 aromatic rings. The lowest BCUT2D eigenvalue weighted by molar-refractivity contribution is -0.139. The largest absolute Gasteiger partial charge is 0.496 e. The third-order valence-corrected chi connectivity index (χ3v) is 7.36. The number of allylic oxidation sites excluding steroid dienone is 1. The molecule has 4 rings (SSSR count). The van der Waals surface area contributed by atoms with Gasteiger partial charge in [-0.05, 0) is 55.7 Å². The molecule has 1 aliphatic heterocycles. The van der Waals surface area contributed by atoms with E-state index in [0.717, 1.165) is 5.56 Å². The number of benzene rings is 2. The third kappa shape index (κ3) is 4.89. The van der Waals surface area contributed by atoms with E-state index in [9.17, 15) is 9.59 Å². The minimum atomic E-state index is -0.743. The highest BCUT2D eigenvalue weighted by Gasteiger charge is 2.33. The summed E-state index contributed by atoms with van der Waals surface area (Å²) in [5.41, 5.74) is 2.69. The van der Waals surface area contributed by atoms with Crippen LogP contribution in [-0.2, 0) is 9.53 Å². The quantitative estimate of drug-likeness (QED) is 0.422. The van der Waals surface area contributed by atoms with Gasteiger partial charge in [0.1, 0.15) is 5.75 Å². The van der Waals surface area contributed by atoms with Crippen molar-refractivity contribution in [1.82, 2.24) is 4.57 Å². The first-order valence-electron chi connectivity index (χ1n) is 11.5. The Morgan fingerprint density at radius 3 is 2.41 bits per heavy atom. The molecule has 0 fully saturated rings. The fourth-order valence-electron chi connectivity index (χ4n) is 4.24. The summed E-state index contributed by atoms with van der Waals surface area (Å²) in [6.07, 6.45) is 1.68. The molecule has 0 unspecified atom stereocenters. The summed E-state index contributed by atoms with van der Waals surface area (Å²) >= 11 is 7.69. The maximum atomic E-state index is 13.8. The van der Waals surface area contributed by atoms with Crippen molar-refractivity contribution in [2.24, 2.45) is 4.99 Å². The lowest BCUT2D eigenvalue weighted by atomic mass is 9.95. The molecule has 37 heavy (non-hydrogen) atoms. The van der Waals surface area contributed by atoms with Crippen LogP contribution in [0.4, 0.5) is 0 Å². The monoisotopic (exact) mass is 542 g/mol. The standard InChI is InChI=1S/C27H27ClN2O6S/c1-7-36-26(32)23-15(3)29-27-30(24(23)16-9-8-14(2)19(10-16)33-4)25(31)22(37-27)12-17-11-20(34-5)21(35-6)13-18(17)28/h8-13,24H,7H2,1-6H3/t24-/m0/s1. The van der Waals surface area contributed by atoms with E-state index in [1.54, 1.807) is 39.2 Å². The number of ether oxygens (including phenoxy) is 4. The average molecular weight is 543 g/mol. The fourth-order valence-corrected chi connectivity index (χ4v) is 5.48. The summed E-state index contributed by atoms with van der Waals surface area (Å²) in [4.78, 5) is 32.0. The van der Waals surface area contributed by atoms with Crippen molar-refractivity contribution in [3.05, 3.63) is 83.0 Å². The summed E-state index contributed by atoms with van der Waals surface area (Å²) < 4.78 is 23.5. The highest BCUT2D eigenvalue weighted by Crippen LogP contribution is 2.35. The van der Waals surface area contributed by atoms with Crippen molar-refractivity contribution >= 4 is 35.0 Å². The molecule has 0 saturated heterocycles. The van der Waals surface area contributed by atoms with Gasteiger partial charge in [-0.2, -0.15) is 0 Å². The number of aryl methyl sites for hydroxylation is 1. The number of halogens is 1. The molecule has 10 heteroatoms. The summed E-state index contributed by atoms with van der Waals surface area (Å²) in [5, 5.41) is 0.395. The first kappa shape index (κ1) is 26.5. The van der Waals surface area contributed by atoms with E-state index in [0.29, 0.717) is 54.0 Å². The Morgan fingerprint density at radius 2 is 1.76 bits per heavy atom. The Balaban J connectivity index is 1.98. The Kier molecular flexibility index (Phi) is 7.75. The number of thiazole rings is 1. The smallest absolute Gasteiger partial charge is 0.338 e. The number of rotatable bonds is 7. The van der Waals surface area contributed by atoms with Crippen molar-refractivity contribution in [3.8, 4) is 17.2 Å². The summed E-state index contributed by atoms with van der Waals surface area (Å²) in [6.45, 7) is 5.60. The molecular formula is C27H27ClN2O6S. The van der Waals surface area contributed by atoms with Crippen molar-refractivity contribution in [2.75, 3.05) is 27.9 Å². The van der Waals surface area contributed by atoms with Gasteiger partial charge in [-0.1, -0.05) is 35.1 Å². The number of methoxy groups -OCH3 is 3. The van der Waals surface area contributed by atoms with Crippen LogP contribution in [0.1, 0.15) is 36.6 Å². The van der Waals surface area contributed by atoms with Crippen LogP contribution in [0.2, 0.25) is 5.02 Å². The van der Waals surface area contributed by atoms with E-state index in [2.05, 4.69) is 4.99 Å². The van der Waals surface area contributed by atoms with Gasteiger partial charge in [-0.3, -0.25) is 9.36 Å². The van der Waals surface area contributed by atoms with Crippen molar-refractivity contribution in [1.29, 1.82) is 0 Å². The molecule has 0 aliphatic carbocycles. The minimum absolute atomic E-state index is 0.196. The predicted molar refractivity (Wildman–Crippen MR) is 143 cm³/mol. The molecule has 0 saturated carbocycles. The zero-order chi connectivity index (χ0) is 26.9. The van der Waals surface area contributed by atoms with Crippen LogP contribution in [0.25, 0.3) is 6.08 Å². The number of fused-ring (bicyclic) bond motifs is 1. The zero-order valence-electron chi connectivity index (χ0n) is 21.4. The van der Waals surface area contributed by atoms with Crippen molar-refractivity contribution in [2.45, 2.75) is 26.8 Å². The summed E-state index contributed by atoms with van der Waals surface area (Å²) in [7, 11) is 4.63. The van der Waals surface area contributed by atoms with Crippen LogP contribution in [0.3, 0.4) is 0 Å². The van der Waals surface area contributed by atoms with E-state index in [-0.39, 0.29) is 12.2 Å².